The first-order valence-electron chi connectivity index (χ1n) is 8.95. The number of aryl methyl sites for hydroxylation is 2. The Balaban J connectivity index is 1.61. The van der Waals surface area contributed by atoms with Crippen LogP contribution < -0.4 is 5.32 Å². The standard InChI is InChI=1S/C21H20N2O6S/c1-13-4-7-15(8-5-13)18-11-20(29-23-18)22-19(24)12-28-21(25)17-10-16(30(3,26)27)9-6-14(17)2/h4-11H,12H2,1-3H3,(H,22,24). The molecule has 156 valence electrons. The van der Waals surface area contributed by atoms with E-state index in [0.717, 1.165) is 17.4 Å². The Morgan fingerprint density at radius 1 is 1.07 bits per heavy atom. The number of sulfone groups is 1. The summed E-state index contributed by atoms with van der Waals surface area (Å²) in [5.74, 6) is -1.31. The van der Waals surface area contributed by atoms with Crippen LogP contribution in [-0.2, 0) is 19.4 Å². The predicted molar refractivity (Wildman–Crippen MR) is 110 cm³/mol. The highest BCUT2D eigenvalue weighted by Crippen LogP contribution is 2.22. The van der Waals surface area contributed by atoms with Crippen molar-refractivity contribution in [2.45, 2.75) is 18.7 Å². The maximum absolute atomic E-state index is 12.3. The fourth-order valence-electron chi connectivity index (χ4n) is 2.63. The monoisotopic (exact) mass is 428 g/mol. The Morgan fingerprint density at radius 3 is 2.43 bits per heavy atom. The molecule has 1 N–H and O–H groups in total. The van der Waals surface area contributed by atoms with Gasteiger partial charge in [0.1, 0.15) is 5.69 Å². The Morgan fingerprint density at radius 2 is 1.77 bits per heavy atom. The van der Waals surface area contributed by atoms with Crippen LogP contribution in [0.4, 0.5) is 5.88 Å². The van der Waals surface area contributed by atoms with Gasteiger partial charge >= 0.3 is 5.97 Å². The predicted octanol–water partition coefficient (Wildman–Crippen LogP) is 3.16. The van der Waals surface area contributed by atoms with Crippen LogP contribution >= 0.6 is 0 Å². The van der Waals surface area contributed by atoms with Crippen molar-refractivity contribution >= 4 is 27.6 Å². The van der Waals surface area contributed by atoms with E-state index in [2.05, 4.69) is 10.5 Å². The molecular weight excluding hydrogens is 408 g/mol. The molecule has 2 aromatic carbocycles. The van der Waals surface area contributed by atoms with Gasteiger partial charge in [0.25, 0.3) is 5.91 Å². The molecule has 0 saturated heterocycles. The van der Waals surface area contributed by atoms with E-state index in [1.54, 1.807) is 13.0 Å². The van der Waals surface area contributed by atoms with Gasteiger partial charge in [-0.15, -0.1) is 0 Å². The van der Waals surface area contributed by atoms with Crippen molar-refractivity contribution in [3.05, 3.63) is 65.2 Å². The van der Waals surface area contributed by atoms with Crippen molar-refractivity contribution in [3.8, 4) is 11.3 Å². The molecule has 9 heteroatoms. The summed E-state index contributed by atoms with van der Waals surface area (Å²) in [6.07, 6.45) is 1.04. The number of carbonyl (C=O) groups is 2. The van der Waals surface area contributed by atoms with Gasteiger partial charge in [0.15, 0.2) is 16.4 Å². The molecule has 0 aliphatic rings. The van der Waals surface area contributed by atoms with Gasteiger partial charge in [-0.3, -0.25) is 10.1 Å². The smallest absolute Gasteiger partial charge is 0.338 e. The minimum atomic E-state index is -3.48. The van der Waals surface area contributed by atoms with E-state index in [4.69, 9.17) is 9.26 Å². The Bertz CT molecular complexity index is 1200. The van der Waals surface area contributed by atoms with E-state index in [1.807, 2.05) is 31.2 Å². The van der Waals surface area contributed by atoms with Gasteiger partial charge in [0, 0.05) is 17.9 Å². The van der Waals surface area contributed by atoms with Crippen molar-refractivity contribution in [2.75, 3.05) is 18.2 Å². The van der Waals surface area contributed by atoms with Gasteiger partial charge in [-0.05, 0) is 31.5 Å². The third kappa shape index (κ3) is 5.12. The fourth-order valence-corrected chi connectivity index (χ4v) is 3.28. The second-order valence-electron chi connectivity index (χ2n) is 6.82. The molecule has 0 aliphatic heterocycles. The normalized spacial score (nSPS) is 11.2. The molecule has 1 heterocycles. The van der Waals surface area contributed by atoms with Crippen LogP contribution in [-0.4, -0.2) is 38.3 Å². The molecule has 0 saturated carbocycles. The molecule has 0 unspecified atom stereocenters. The maximum Gasteiger partial charge on any atom is 0.338 e. The van der Waals surface area contributed by atoms with Crippen LogP contribution in [0.2, 0.25) is 0 Å². The summed E-state index contributed by atoms with van der Waals surface area (Å²) < 4.78 is 33.5. The first-order valence-corrected chi connectivity index (χ1v) is 10.8. The van der Waals surface area contributed by atoms with Crippen LogP contribution in [0.3, 0.4) is 0 Å². The molecule has 0 radical (unpaired) electrons. The zero-order chi connectivity index (χ0) is 21.9. The Kier molecular flexibility index (Phi) is 6.02. The quantitative estimate of drug-likeness (QED) is 0.600. The maximum atomic E-state index is 12.3. The number of ether oxygens (including phenoxy) is 1. The number of nitrogens with zero attached hydrogens (tertiary/aromatic N) is 1. The van der Waals surface area contributed by atoms with Gasteiger partial charge in [0.2, 0.25) is 5.88 Å². The summed E-state index contributed by atoms with van der Waals surface area (Å²) in [5, 5.41) is 6.36. The molecular formula is C21H20N2O6S. The lowest BCUT2D eigenvalue weighted by molar-refractivity contribution is -0.119. The highest BCUT2D eigenvalue weighted by atomic mass is 32.2. The van der Waals surface area contributed by atoms with Crippen molar-refractivity contribution in [1.82, 2.24) is 5.16 Å². The first-order chi connectivity index (χ1) is 14.1. The van der Waals surface area contributed by atoms with E-state index in [0.29, 0.717) is 11.3 Å². The third-order valence-electron chi connectivity index (χ3n) is 4.31. The topological polar surface area (TPSA) is 116 Å². The summed E-state index contributed by atoms with van der Waals surface area (Å²) in [7, 11) is -3.48. The van der Waals surface area contributed by atoms with Gasteiger partial charge in [-0.25, -0.2) is 13.2 Å². The lowest BCUT2D eigenvalue weighted by atomic mass is 10.1. The van der Waals surface area contributed by atoms with Crippen LogP contribution in [0.25, 0.3) is 11.3 Å². The molecule has 0 aliphatic carbocycles. The number of anilines is 1. The molecule has 0 spiro atoms. The summed E-state index contributed by atoms with van der Waals surface area (Å²) in [6.45, 7) is 3.05. The number of carbonyl (C=O) groups excluding carboxylic acids is 2. The second kappa shape index (κ2) is 8.50. The van der Waals surface area contributed by atoms with Crippen LogP contribution in [0.5, 0.6) is 0 Å². The van der Waals surface area contributed by atoms with Crippen molar-refractivity contribution in [1.29, 1.82) is 0 Å². The van der Waals surface area contributed by atoms with Crippen molar-refractivity contribution in [2.24, 2.45) is 0 Å². The Hall–Kier alpha value is -3.46. The molecule has 0 fully saturated rings. The second-order valence-corrected chi connectivity index (χ2v) is 8.83. The Labute approximate surface area is 173 Å². The lowest BCUT2D eigenvalue weighted by Crippen LogP contribution is -2.21. The number of hydrogen-bond acceptors (Lipinski definition) is 7. The summed E-state index contributed by atoms with van der Waals surface area (Å²) in [4.78, 5) is 24.4. The number of hydrogen-bond donors (Lipinski definition) is 1. The molecule has 1 aromatic heterocycles. The lowest BCUT2D eigenvalue weighted by Gasteiger charge is -2.08. The van der Waals surface area contributed by atoms with Gasteiger partial charge < -0.3 is 9.26 Å². The molecule has 30 heavy (non-hydrogen) atoms. The van der Waals surface area contributed by atoms with Gasteiger partial charge in [0.05, 0.1) is 10.5 Å². The number of amides is 1. The third-order valence-corrected chi connectivity index (χ3v) is 5.42. The first kappa shape index (κ1) is 21.3. The van der Waals surface area contributed by atoms with Gasteiger partial charge in [-0.2, -0.15) is 0 Å². The fraction of sp³-hybridized carbons (Fsp3) is 0.190. The van der Waals surface area contributed by atoms with E-state index < -0.39 is 28.3 Å². The van der Waals surface area contributed by atoms with E-state index >= 15 is 0 Å². The van der Waals surface area contributed by atoms with E-state index in [9.17, 15) is 18.0 Å². The zero-order valence-corrected chi connectivity index (χ0v) is 17.4. The molecule has 1 amide bonds. The zero-order valence-electron chi connectivity index (χ0n) is 16.6. The molecule has 0 atom stereocenters. The number of nitrogens with one attached hydrogen (secondary N) is 1. The van der Waals surface area contributed by atoms with Crippen LogP contribution in [0, 0.1) is 13.8 Å². The van der Waals surface area contributed by atoms with E-state index in [1.165, 1.54) is 18.2 Å². The summed E-state index contributed by atoms with van der Waals surface area (Å²) >= 11 is 0. The minimum absolute atomic E-state index is 0.00482. The number of rotatable bonds is 6. The van der Waals surface area contributed by atoms with Crippen molar-refractivity contribution in [3.63, 3.8) is 0 Å². The molecule has 3 aromatic rings. The van der Waals surface area contributed by atoms with Gasteiger partial charge in [-0.1, -0.05) is 41.1 Å². The average molecular weight is 428 g/mol. The SMILES string of the molecule is Cc1ccc(-c2cc(NC(=O)COC(=O)c3cc(S(C)(=O)=O)ccc3C)on2)cc1. The summed E-state index contributed by atoms with van der Waals surface area (Å²) in [5.41, 5.74) is 3.10. The highest BCUT2D eigenvalue weighted by Gasteiger charge is 2.17. The highest BCUT2D eigenvalue weighted by molar-refractivity contribution is 7.90. The molecule has 3 rings (SSSR count). The largest absolute Gasteiger partial charge is 0.452 e. The van der Waals surface area contributed by atoms with E-state index in [-0.39, 0.29) is 16.3 Å². The average Bonchev–Trinajstić information content (AvgIpc) is 3.14. The van der Waals surface area contributed by atoms with Crippen LogP contribution in [0.1, 0.15) is 21.5 Å². The number of esters is 1. The molecule has 0 bridgehead atoms. The van der Waals surface area contributed by atoms with Crippen molar-refractivity contribution < 1.29 is 27.3 Å². The summed E-state index contributed by atoms with van der Waals surface area (Å²) in [6, 6.07) is 13.3. The van der Waals surface area contributed by atoms with Crippen LogP contribution in [0.15, 0.2) is 57.9 Å². The number of benzene rings is 2. The minimum Gasteiger partial charge on any atom is -0.452 e. The molecule has 8 nitrogen and oxygen atoms in total. The number of aromatic nitrogens is 1.